The van der Waals surface area contributed by atoms with Crippen LogP contribution in [0.4, 0.5) is 0 Å². The minimum atomic E-state index is 0.167. The van der Waals surface area contributed by atoms with Crippen LogP contribution in [-0.4, -0.2) is 24.9 Å². The molecule has 1 unspecified atom stereocenters. The molecular weight excluding hydrogens is 270 g/mol. The van der Waals surface area contributed by atoms with E-state index < -0.39 is 0 Å². The molecule has 90 valence electrons. The van der Waals surface area contributed by atoms with Crippen LogP contribution in [0.2, 0.25) is 0 Å². The second kappa shape index (κ2) is 6.89. The van der Waals surface area contributed by atoms with Crippen molar-refractivity contribution in [3.63, 3.8) is 0 Å². The lowest BCUT2D eigenvalue weighted by atomic mass is 10.2. The molecule has 0 saturated carbocycles. The molecular formula is C12H18BrNO2. The third kappa shape index (κ3) is 3.77. The number of aliphatic hydroxyl groups is 1. The van der Waals surface area contributed by atoms with Gasteiger partial charge in [-0.05, 0) is 40.0 Å². The van der Waals surface area contributed by atoms with Crippen LogP contribution < -0.4 is 10.1 Å². The van der Waals surface area contributed by atoms with Gasteiger partial charge in [-0.25, -0.2) is 0 Å². The van der Waals surface area contributed by atoms with Crippen LogP contribution in [0.25, 0.3) is 0 Å². The van der Waals surface area contributed by atoms with Gasteiger partial charge in [0.15, 0.2) is 0 Å². The second-order valence-electron chi connectivity index (χ2n) is 3.64. The fourth-order valence-corrected chi connectivity index (χ4v) is 2.01. The van der Waals surface area contributed by atoms with Crippen LogP contribution in [0.5, 0.6) is 5.75 Å². The highest BCUT2D eigenvalue weighted by Gasteiger charge is 2.05. The topological polar surface area (TPSA) is 41.5 Å². The van der Waals surface area contributed by atoms with Gasteiger partial charge in [0.25, 0.3) is 0 Å². The van der Waals surface area contributed by atoms with Gasteiger partial charge in [-0.2, -0.15) is 0 Å². The smallest absolute Gasteiger partial charge is 0.133 e. The van der Waals surface area contributed by atoms with Gasteiger partial charge in [0.1, 0.15) is 5.75 Å². The van der Waals surface area contributed by atoms with Crippen molar-refractivity contribution in [3.8, 4) is 5.75 Å². The molecule has 0 bridgehead atoms. The minimum absolute atomic E-state index is 0.167. The van der Waals surface area contributed by atoms with Crippen LogP contribution in [0.15, 0.2) is 22.7 Å². The third-order valence-electron chi connectivity index (χ3n) is 2.52. The van der Waals surface area contributed by atoms with Crippen LogP contribution >= 0.6 is 15.9 Å². The summed E-state index contributed by atoms with van der Waals surface area (Å²) in [5.74, 6) is 0.831. The Morgan fingerprint density at radius 3 is 2.75 bits per heavy atom. The maximum atomic E-state index is 9.05. The minimum Gasteiger partial charge on any atom is -0.496 e. The molecule has 0 aliphatic rings. The highest BCUT2D eigenvalue weighted by molar-refractivity contribution is 9.10. The molecule has 4 heteroatoms. The average molecular weight is 288 g/mol. The molecule has 16 heavy (non-hydrogen) atoms. The molecule has 0 radical (unpaired) electrons. The van der Waals surface area contributed by atoms with Crippen molar-refractivity contribution in [2.75, 3.05) is 13.7 Å². The fourth-order valence-electron chi connectivity index (χ4n) is 1.42. The molecule has 0 amide bonds. The summed E-state index contributed by atoms with van der Waals surface area (Å²) in [5, 5.41) is 12.3. The second-order valence-corrected chi connectivity index (χ2v) is 4.49. The lowest BCUT2D eigenvalue weighted by Crippen LogP contribution is -2.31. The number of aliphatic hydroxyl groups excluding tert-OH is 1. The van der Waals surface area contributed by atoms with E-state index >= 15 is 0 Å². The van der Waals surface area contributed by atoms with Crippen molar-refractivity contribution in [1.82, 2.24) is 5.32 Å². The Bertz CT molecular complexity index is 327. The largest absolute Gasteiger partial charge is 0.496 e. The number of benzene rings is 1. The number of nitrogens with one attached hydrogen (secondary N) is 1. The first kappa shape index (κ1) is 13.5. The maximum Gasteiger partial charge on any atom is 0.133 e. The predicted octanol–water partition coefficient (Wildman–Crippen LogP) is 2.32. The Morgan fingerprint density at radius 1 is 1.50 bits per heavy atom. The van der Waals surface area contributed by atoms with Crippen LogP contribution in [0.1, 0.15) is 18.9 Å². The lowest BCUT2D eigenvalue weighted by molar-refractivity contribution is 0.238. The van der Waals surface area contributed by atoms with E-state index in [0.29, 0.717) is 0 Å². The summed E-state index contributed by atoms with van der Waals surface area (Å²) in [4.78, 5) is 0. The van der Waals surface area contributed by atoms with Crippen LogP contribution in [0, 0.1) is 0 Å². The third-order valence-corrected chi connectivity index (χ3v) is 3.14. The number of rotatable bonds is 6. The van der Waals surface area contributed by atoms with Crippen molar-refractivity contribution in [2.45, 2.75) is 25.9 Å². The van der Waals surface area contributed by atoms with E-state index in [1.165, 1.54) is 5.56 Å². The van der Waals surface area contributed by atoms with Gasteiger partial charge in [0.05, 0.1) is 18.2 Å². The van der Waals surface area contributed by atoms with Gasteiger partial charge in [0, 0.05) is 12.6 Å². The molecule has 0 fully saturated rings. The maximum absolute atomic E-state index is 9.05. The fraction of sp³-hybridized carbons (Fsp3) is 0.500. The molecule has 3 nitrogen and oxygen atoms in total. The monoisotopic (exact) mass is 287 g/mol. The average Bonchev–Trinajstić information content (AvgIpc) is 2.30. The molecule has 0 heterocycles. The van der Waals surface area contributed by atoms with Crippen molar-refractivity contribution in [1.29, 1.82) is 0 Å². The molecule has 0 aromatic heterocycles. The summed E-state index contributed by atoms with van der Waals surface area (Å²) < 4.78 is 6.11. The summed E-state index contributed by atoms with van der Waals surface area (Å²) in [7, 11) is 1.65. The van der Waals surface area contributed by atoms with Crippen molar-refractivity contribution in [2.24, 2.45) is 0 Å². The van der Waals surface area contributed by atoms with Gasteiger partial charge in [-0.1, -0.05) is 13.0 Å². The molecule has 1 atom stereocenters. The number of methoxy groups -OCH3 is 1. The van der Waals surface area contributed by atoms with Crippen molar-refractivity contribution < 1.29 is 9.84 Å². The highest BCUT2D eigenvalue weighted by Crippen LogP contribution is 2.25. The zero-order valence-electron chi connectivity index (χ0n) is 9.66. The summed E-state index contributed by atoms with van der Waals surface area (Å²) in [5.41, 5.74) is 1.17. The van der Waals surface area contributed by atoms with E-state index in [9.17, 15) is 0 Å². The number of ether oxygens (including phenoxy) is 1. The Hall–Kier alpha value is -0.580. The van der Waals surface area contributed by atoms with E-state index in [0.717, 1.165) is 23.2 Å². The Kier molecular flexibility index (Phi) is 5.80. The molecule has 2 N–H and O–H groups in total. The van der Waals surface area contributed by atoms with E-state index in [1.807, 2.05) is 18.2 Å². The standard InChI is InChI=1S/C12H18BrNO2/c1-3-10(8-15)14-7-9-4-5-12(16-2)11(13)6-9/h4-6,10,14-15H,3,7-8H2,1-2H3. The Labute approximate surface area is 105 Å². The molecule has 1 rings (SSSR count). The molecule has 0 saturated heterocycles. The Balaban J connectivity index is 2.58. The van der Waals surface area contributed by atoms with Gasteiger partial charge >= 0.3 is 0 Å². The first-order valence-corrected chi connectivity index (χ1v) is 6.17. The zero-order chi connectivity index (χ0) is 12.0. The first-order valence-electron chi connectivity index (χ1n) is 5.38. The SMILES string of the molecule is CCC(CO)NCc1ccc(OC)c(Br)c1. The van der Waals surface area contributed by atoms with Crippen LogP contribution in [0.3, 0.4) is 0 Å². The summed E-state index contributed by atoms with van der Waals surface area (Å²) in [6, 6.07) is 6.14. The van der Waals surface area contributed by atoms with E-state index in [-0.39, 0.29) is 12.6 Å². The number of halogens is 1. The quantitative estimate of drug-likeness (QED) is 0.844. The molecule has 1 aromatic rings. The van der Waals surface area contributed by atoms with Crippen molar-refractivity contribution >= 4 is 15.9 Å². The Morgan fingerprint density at radius 2 is 2.25 bits per heavy atom. The summed E-state index contributed by atoms with van der Waals surface area (Å²) >= 11 is 3.45. The van der Waals surface area contributed by atoms with E-state index in [4.69, 9.17) is 9.84 Å². The summed E-state index contributed by atoms with van der Waals surface area (Å²) in [6.07, 6.45) is 0.924. The lowest BCUT2D eigenvalue weighted by Gasteiger charge is -2.14. The van der Waals surface area contributed by atoms with E-state index in [2.05, 4.69) is 28.2 Å². The molecule has 1 aromatic carbocycles. The zero-order valence-corrected chi connectivity index (χ0v) is 11.3. The highest BCUT2D eigenvalue weighted by atomic mass is 79.9. The molecule has 0 aliphatic heterocycles. The van der Waals surface area contributed by atoms with Gasteiger partial charge in [-0.3, -0.25) is 0 Å². The normalized spacial score (nSPS) is 12.5. The van der Waals surface area contributed by atoms with Gasteiger partial charge < -0.3 is 15.2 Å². The first-order chi connectivity index (χ1) is 7.71. The van der Waals surface area contributed by atoms with Gasteiger partial charge in [-0.15, -0.1) is 0 Å². The number of hydrogen-bond acceptors (Lipinski definition) is 3. The molecule has 0 aliphatic carbocycles. The van der Waals surface area contributed by atoms with E-state index in [1.54, 1.807) is 7.11 Å². The molecule has 0 spiro atoms. The predicted molar refractivity (Wildman–Crippen MR) is 68.7 cm³/mol. The number of hydrogen-bond donors (Lipinski definition) is 2. The van der Waals surface area contributed by atoms with Crippen molar-refractivity contribution in [3.05, 3.63) is 28.2 Å². The van der Waals surface area contributed by atoms with Crippen LogP contribution in [-0.2, 0) is 6.54 Å². The summed E-state index contributed by atoms with van der Waals surface area (Å²) in [6.45, 7) is 2.98. The van der Waals surface area contributed by atoms with Gasteiger partial charge in [0.2, 0.25) is 0 Å².